The minimum Gasteiger partial charge on any atom is -0.488 e. The van der Waals surface area contributed by atoms with E-state index in [4.69, 9.17) is 9.47 Å². The van der Waals surface area contributed by atoms with Crippen molar-refractivity contribution < 1.29 is 19.2 Å². The Kier molecular flexibility index (Phi) is 8.65. The third-order valence-corrected chi connectivity index (χ3v) is 9.10. The van der Waals surface area contributed by atoms with Gasteiger partial charge in [0.05, 0.1) is 15.7 Å². The highest BCUT2D eigenvalue weighted by Gasteiger charge is 2.18. The summed E-state index contributed by atoms with van der Waals surface area (Å²) in [6, 6.07) is 25.6. The van der Waals surface area contributed by atoms with Gasteiger partial charge in [-0.2, -0.15) is 5.10 Å². The Morgan fingerprint density at radius 3 is 2.46 bits per heavy atom. The van der Waals surface area contributed by atoms with Crippen molar-refractivity contribution in [1.82, 2.24) is 5.43 Å². The van der Waals surface area contributed by atoms with Gasteiger partial charge in [0.1, 0.15) is 18.1 Å². The van der Waals surface area contributed by atoms with Gasteiger partial charge >= 0.3 is 0 Å². The lowest BCUT2D eigenvalue weighted by molar-refractivity contribution is -0.384. The number of carbonyl (C=O) groups is 1. The lowest BCUT2D eigenvalue weighted by Crippen LogP contribution is -2.24. The van der Waals surface area contributed by atoms with E-state index in [-0.39, 0.29) is 24.8 Å². The molecular weight excluding hydrogens is 534 g/mol. The number of nitro benzene ring substituents is 1. The number of nitro groups is 1. The van der Waals surface area contributed by atoms with E-state index < -0.39 is 4.92 Å². The zero-order chi connectivity index (χ0) is 27.0. The molecule has 1 fully saturated rings. The number of nitrogens with one attached hydrogen (secondary N) is 1. The Morgan fingerprint density at radius 1 is 0.974 bits per heavy atom. The van der Waals surface area contributed by atoms with Gasteiger partial charge in [-0.1, -0.05) is 42.5 Å². The third kappa shape index (κ3) is 6.90. The van der Waals surface area contributed by atoms with Crippen molar-refractivity contribution in [2.24, 2.45) is 5.10 Å². The molecule has 4 aromatic rings. The van der Waals surface area contributed by atoms with E-state index in [2.05, 4.69) is 10.5 Å². The van der Waals surface area contributed by atoms with Crippen LogP contribution >= 0.6 is 23.5 Å². The molecule has 0 bridgehead atoms. The third-order valence-electron chi connectivity index (χ3n) is 6.00. The molecule has 1 heterocycles. The predicted molar refractivity (Wildman–Crippen MR) is 157 cm³/mol. The van der Waals surface area contributed by atoms with Crippen molar-refractivity contribution >= 4 is 52.1 Å². The van der Waals surface area contributed by atoms with Crippen molar-refractivity contribution in [2.45, 2.75) is 11.2 Å². The number of fused-ring (bicyclic) bond motifs is 1. The average Bonchev–Trinajstić information content (AvgIpc) is 3.51. The number of hydrogen-bond acceptors (Lipinski definition) is 8. The van der Waals surface area contributed by atoms with Gasteiger partial charge in [-0.25, -0.2) is 5.43 Å². The summed E-state index contributed by atoms with van der Waals surface area (Å²) in [6.07, 6.45) is 1.55. The van der Waals surface area contributed by atoms with Gasteiger partial charge in [0.25, 0.3) is 11.6 Å². The topological polar surface area (TPSA) is 103 Å². The number of ether oxygens (including phenoxy) is 2. The summed E-state index contributed by atoms with van der Waals surface area (Å²) in [5.74, 6) is 3.15. The number of thioether (sulfide) groups is 2. The summed E-state index contributed by atoms with van der Waals surface area (Å²) in [4.78, 5) is 22.8. The number of hydrogen-bond donors (Lipinski definition) is 1. The highest BCUT2D eigenvalue weighted by molar-refractivity contribution is 8.19. The zero-order valence-electron chi connectivity index (χ0n) is 20.8. The molecule has 0 saturated carbocycles. The van der Waals surface area contributed by atoms with Crippen LogP contribution in [0.5, 0.6) is 11.5 Å². The largest absolute Gasteiger partial charge is 0.488 e. The fraction of sp³-hybridized carbons (Fsp3) is 0.172. The smallest absolute Gasteiger partial charge is 0.277 e. The summed E-state index contributed by atoms with van der Waals surface area (Å²) in [5.41, 5.74) is 5.29. The van der Waals surface area contributed by atoms with Crippen molar-refractivity contribution in [1.29, 1.82) is 0 Å². The van der Waals surface area contributed by atoms with Crippen LogP contribution in [0.3, 0.4) is 0 Å². The maximum absolute atomic E-state index is 12.4. The van der Waals surface area contributed by atoms with Crippen LogP contribution in [-0.2, 0) is 11.4 Å². The van der Waals surface area contributed by atoms with Gasteiger partial charge in [-0.3, -0.25) is 14.9 Å². The molecular formula is C29H25N3O5S2. The van der Waals surface area contributed by atoms with E-state index in [9.17, 15) is 14.9 Å². The van der Waals surface area contributed by atoms with Crippen LogP contribution in [0, 0.1) is 10.1 Å². The molecule has 0 aromatic heterocycles. The number of nitrogens with zero attached hydrogens (tertiary/aromatic N) is 2. The number of benzene rings is 4. The standard InChI is InChI=1S/C29H25N3O5S2/c33-28(19-36-24-12-7-22(8-13-24)29-38-15-16-39-29)31-30-17-26-25-4-2-1-3-21(25)9-14-27(26)37-18-20-5-10-23(11-6-20)32(34)35/h1-14,17,29H,15-16,18-19H2,(H,31,33)/b30-17-. The Labute approximate surface area is 233 Å². The molecule has 0 radical (unpaired) electrons. The quantitative estimate of drug-likeness (QED) is 0.137. The van der Waals surface area contributed by atoms with E-state index in [0.29, 0.717) is 21.6 Å². The molecule has 198 valence electrons. The molecule has 0 spiro atoms. The second-order valence-electron chi connectivity index (χ2n) is 8.64. The van der Waals surface area contributed by atoms with E-state index in [0.717, 1.165) is 16.3 Å². The van der Waals surface area contributed by atoms with Crippen LogP contribution < -0.4 is 14.9 Å². The number of rotatable bonds is 10. The lowest BCUT2D eigenvalue weighted by Gasteiger charge is -2.12. The monoisotopic (exact) mass is 559 g/mol. The molecule has 1 saturated heterocycles. The fourth-order valence-corrected chi connectivity index (χ4v) is 6.89. The average molecular weight is 560 g/mol. The molecule has 1 N–H and O–H groups in total. The Bertz CT molecular complexity index is 1490. The van der Waals surface area contributed by atoms with Crippen LogP contribution in [0.25, 0.3) is 10.8 Å². The Balaban J connectivity index is 1.21. The molecule has 1 aliphatic heterocycles. The van der Waals surface area contributed by atoms with Gasteiger partial charge in [0, 0.05) is 29.2 Å². The first-order valence-corrected chi connectivity index (χ1v) is 14.3. The normalized spacial score (nSPS) is 13.5. The molecule has 39 heavy (non-hydrogen) atoms. The molecule has 1 aliphatic rings. The van der Waals surface area contributed by atoms with Gasteiger partial charge in [-0.15, -0.1) is 23.5 Å². The number of hydrazone groups is 1. The second-order valence-corrected chi connectivity index (χ2v) is 11.4. The van der Waals surface area contributed by atoms with Crippen molar-refractivity contribution in [3.63, 3.8) is 0 Å². The highest BCUT2D eigenvalue weighted by Crippen LogP contribution is 2.45. The minimum atomic E-state index is -0.437. The van der Waals surface area contributed by atoms with Gasteiger partial charge < -0.3 is 9.47 Å². The molecule has 8 nitrogen and oxygen atoms in total. The number of carbonyl (C=O) groups excluding carboxylic acids is 1. The Morgan fingerprint density at radius 2 is 1.72 bits per heavy atom. The van der Waals surface area contributed by atoms with Gasteiger partial charge in [-0.05, 0) is 52.2 Å². The van der Waals surface area contributed by atoms with E-state index in [1.807, 2.05) is 84.2 Å². The molecule has 1 amide bonds. The lowest BCUT2D eigenvalue weighted by atomic mass is 10.0. The number of amides is 1. The summed E-state index contributed by atoms with van der Waals surface area (Å²) in [7, 11) is 0. The second kappa shape index (κ2) is 12.7. The molecule has 5 rings (SSSR count). The molecule has 0 atom stereocenters. The first kappa shape index (κ1) is 26.6. The fourth-order valence-electron chi connectivity index (χ4n) is 4.03. The van der Waals surface area contributed by atoms with Crippen molar-refractivity contribution in [2.75, 3.05) is 18.1 Å². The minimum absolute atomic E-state index is 0.0243. The molecule has 0 aliphatic carbocycles. The van der Waals surface area contributed by atoms with Crippen LogP contribution in [0.4, 0.5) is 5.69 Å². The summed E-state index contributed by atoms with van der Waals surface area (Å²) < 4.78 is 12.1. The van der Waals surface area contributed by atoms with Crippen molar-refractivity contribution in [3.8, 4) is 11.5 Å². The molecule has 10 heteroatoms. The van der Waals surface area contributed by atoms with E-state index in [1.165, 1.54) is 29.2 Å². The highest BCUT2D eigenvalue weighted by atomic mass is 32.2. The summed E-state index contributed by atoms with van der Waals surface area (Å²) >= 11 is 3.88. The van der Waals surface area contributed by atoms with Crippen LogP contribution in [0.2, 0.25) is 0 Å². The first-order valence-electron chi connectivity index (χ1n) is 12.2. The molecule has 4 aromatic carbocycles. The zero-order valence-corrected chi connectivity index (χ0v) is 22.5. The maximum atomic E-state index is 12.4. The predicted octanol–water partition coefficient (Wildman–Crippen LogP) is 6.33. The summed E-state index contributed by atoms with van der Waals surface area (Å²) in [6.45, 7) is 0.0525. The van der Waals surface area contributed by atoms with Crippen molar-refractivity contribution in [3.05, 3.63) is 112 Å². The summed E-state index contributed by atoms with van der Waals surface area (Å²) in [5, 5.41) is 17.0. The SMILES string of the molecule is O=C(COc1ccc(C2SCCS2)cc1)N/N=C\c1c(OCc2ccc([N+](=O)[O-])cc2)ccc2ccccc12. The first-order chi connectivity index (χ1) is 19.1. The van der Waals surface area contributed by atoms with Gasteiger partial charge in [0.15, 0.2) is 6.61 Å². The Hall–Kier alpha value is -4.02. The maximum Gasteiger partial charge on any atom is 0.277 e. The molecule has 0 unspecified atom stereocenters. The van der Waals surface area contributed by atoms with Crippen LogP contribution in [0.1, 0.15) is 21.3 Å². The van der Waals surface area contributed by atoms with Crippen LogP contribution in [-0.4, -0.2) is 35.2 Å². The number of non-ortho nitro benzene ring substituents is 1. The van der Waals surface area contributed by atoms with E-state index >= 15 is 0 Å². The van der Waals surface area contributed by atoms with Crippen LogP contribution in [0.15, 0.2) is 90.0 Å². The van der Waals surface area contributed by atoms with Gasteiger partial charge in [0.2, 0.25) is 0 Å². The van der Waals surface area contributed by atoms with E-state index in [1.54, 1.807) is 18.3 Å².